The van der Waals surface area contributed by atoms with E-state index < -0.39 is 11.7 Å². The molecular weight excluding hydrogens is 377 g/mol. The molecule has 2 aromatic rings. The number of hydrogen-bond acceptors (Lipinski definition) is 4. The van der Waals surface area contributed by atoms with E-state index in [1.54, 1.807) is 30.1 Å². The standard InChI is InChI=1S/C19H21F3N2S2/c1-2-13-11-15(23)12-17(19(20,21)22)18(13)14-3-5-16(6-4-14)26-24-7-9-25-10-8-24/h3-6,11-12H,2,7-10,23H2,1H3. The Kier molecular flexibility index (Phi) is 6.10. The molecule has 0 aliphatic carbocycles. The van der Waals surface area contributed by atoms with Crippen LogP contribution >= 0.6 is 23.7 Å². The molecule has 0 aromatic heterocycles. The van der Waals surface area contributed by atoms with Gasteiger partial charge in [-0.3, -0.25) is 0 Å². The smallest absolute Gasteiger partial charge is 0.399 e. The zero-order chi connectivity index (χ0) is 18.7. The fourth-order valence-electron chi connectivity index (χ4n) is 3.04. The lowest BCUT2D eigenvalue weighted by atomic mass is 9.92. The Hall–Kier alpha value is -1.31. The number of halogens is 3. The van der Waals surface area contributed by atoms with Gasteiger partial charge in [0.2, 0.25) is 0 Å². The van der Waals surface area contributed by atoms with E-state index in [1.165, 1.54) is 0 Å². The van der Waals surface area contributed by atoms with Crippen LogP contribution < -0.4 is 5.73 Å². The molecule has 0 saturated carbocycles. The lowest BCUT2D eigenvalue weighted by molar-refractivity contribution is -0.137. The number of aryl methyl sites for hydroxylation is 1. The maximum Gasteiger partial charge on any atom is 0.417 e. The van der Waals surface area contributed by atoms with Gasteiger partial charge in [-0.2, -0.15) is 24.9 Å². The third kappa shape index (κ3) is 4.50. The molecule has 1 aliphatic heterocycles. The predicted octanol–water partition coefficient (Wildman–Crippen LogP) is 5.57. The summed E-state index contributed by atoms with van der Waals surface area (Å²) in [6.45, 7) is 3.89. The zero-order valence-electron chi connectivity index (χ0n) is 14.5. The van der Waals surface area contributed by atoms with Gasteiger partial charge in [-0.05, 0) is 59.3 Å². The number of alkyl halides is 3. The molecule has 140 valence electrons. The maximum absolute atomic E-state index is 13.6. The Balaban J connectivity index is 1.93. The van der Waals surface area contributed by atoms with Gasteiger partial charge in [0, 0.05) is 35.2 Å². The summed E-state index contributed by atoms with van der Waals surface area (Å²) in [6.07, 6.45) is -3.95. The molecule has 3 rings (SSSR count). The second kappa shape index (κ2) is 8.15. The average Bonchev–Trinajstić information content (AvgIpc) is 2.62. The molecule has 26 heavy (non-hydrogen) atoms. The summed E-state index contributed by atoms with van der Waals surface area (Å²) < 4.78 is 42.9. The second-order valence-corrected chi connectivity index (χ2v) is 8.51. The van der Waals surface area contributed by atoms with Gasteiger partial charge in [0.1, 0.15) is 0 Å². The average molecular weight is 399 g/mol. The van der Waals surface area contributed by atoms with E-state index in [-0.39, 0.29) is 11.3 Å². The second-order valence-electron chi connectivity index (χ2n) is 6.11. The fraction of sp³-hybridized carbons (Fsp3) is 0.368. The summed E-state index contributed by atoms with van der Waals surface area (Å²) in [5, 5.41) is 0. The number of nitrogens with zero attached hydrogens (tertiary/aromatic N) is 1. The quantitative estimate of drug-likeness (QED) is 0.538. The fourth-order valence-corrected chi connectivity index (χ4v) is 5.09. The third-order valence-corrected chi connectivity index (χ3v) is 6.33. The van der Waals surface area contributed by atoms with Crippen molar-refractivity contribution in [2.24, 2.45) is 0 Å². The first kappa shape index (κ1) is 19.5. The van der Waals surface area contributed by atoms with E-state index in [0.717, 1.165) is 35.6 Å². The van der Waals surface area contributed by atoms with Crippen molar-refractivity contribution >= 4 is 29.4 Å². The van der Waals surface area contributed by atoms with Gasteiger partial charge in [-0.1, -0.05) is 19.1 Å². The summed E-state index contributed by atoms with van der Waals surface area (Å²) in [5.41, 5.74) is 6.61. The molecule has 2 N–H and O–H groups in total. The monoisotopic (exact) mass is 398 g/mol. The van der Waals surface area contributed by atoms with Gasteiger partial charge in [0.05, 0.1) is 5.56 Å². The van der Waals surface area contributed by atoms with Crippen LogP contribution in [0.15, 0.2) is 41.3 Å². The molecule has 0 atom stereocenters. The first-order chi connectivity index (χ1) is 12.4. The summed E-state index contributed by atoms with van der Waals surface area (Å²) in [7, 11) is 0. The first-order valence-corrected chi connectivity index (χ1v) is 10.4. The highest BCUT2D eigenvalue weighted by molar-refractivity contribution is 8.00. The number of benzene rings is 2. The van der Waals surface area contributed by atoms with Crippen molar-refractivity contribution in [2.75, 3.05) is 30.3 Å². The van der Waals surface area contributed by atoms with E-state index in [4.69, 9.17) is 5.73 Å². The molecule has 1 heterocycles. The minimum absolute atomic E-state index is 0.146. The molecule has 1 aliphatic rings. The van der Waals surface area contributed by atoms with Crippen LogP contribution in [0.2, 0.25) is 0 Å². The Labute approximate surface area is 160 Å². The summed E-state index contributed by atoms with van der Waals surface area (Å²) >= 11 is 3.61. The van der Waals surface area contributed by atoms with Crippen molar-refractivity contribution in [1.82, 2.24) is 4.31 Å². The van der Waals surface area contributed by atoms with Crippen LogP contribution in [-0.4, -0.2) is 28.9 Å². The van der Waals surface area contributed by atoms with Crippen molar-refractivity contribution in [1.29, 1.82) is 0 Å². The lowest BCUT2D eigenvalue weighted by Gasteiger charge is -2.25. The first-order valence-electron chi connectivity index (χ1n) is 8.49. The van der Waals surface area contributed by atoms with Crippen molar-refractivity contribution < 1.29 is 13.2 Å². The van der Waals surface area contributed by atoms with Crippen LogP contribution in [0, 0.1) is 0 Å². The molecule has 0 bridgehead atoms. The van der Waals surface area contributed by atoms with E-state index in [2.05, 4.69) is 4.31 Å². The van der Waals surface area contributed by atoms with Crippen LogP contribution in [0.25, 0.3) is 11.1 Å². The Bertz CT molecular complexity index is 755. The molecule has 0 spiro atoms. The number of thioether (sulfide) groups is 1. The van der Waals surface area contributed by atoms with Gasteiger partial charge in [0.15, 0.2) is 0 Å². The van der Waals surface area contributed by atoms with Crippen LogP contribution in [0.5, 0.6) is 0 Å². The highest BCUT2D eigenvalue weighted by atomic mass is 32.2. The predicted molar refractivity (Wildman–Crippen MR) is 105 cm³/mol. The van der Waals surface area contributed by atoms with Gasteiger partial charge >= 0.3 is 6.18 Å². The van der Waals surface area contributed by atoms with E-state index in [0.29, 0.717) is 17.5 Å². The number of anilines is 1. The van der Waals surface area contributed by atoms with Crippen molar-refractivity contribution in [2.45, 2.75) is 24.4 Å². The van der Waals surface area contributed by atoms with Crippen LogP contribution in [0.4, 0.5) is 18.9 Å². The minimum Gasteiger partial charge on any atom is -0.399 e. The Morgan fingerprint density at radius 1 is 1.12 bits per heavy atom. The number of hydrogen-bond donors (Lipinski definition) is 1. The lowest BCUT2D eigenvalue weighted by Crippen LogP contribution is -2.26. The van der Waals surface area contributed by atoms with Crippen molar-refractivity contribution in [3.05, 3.63) is 47.5 Å². The van der Waals surface area contributed by atoms with Crippen LogP contribution in [0.1, 0.15) is 18.1 Å². The van der Waals surface area contributed by atoms with E-state index in [9.17, 15) is 13.2 Å². The SMILES string of the molecule is CCc1cc(N)cc(C(F)(F)F)c1-c1ccc(SN2CCSCC2)cc1. The van der Waals surface area contributed by atoms with Crippen LogP contribution in [0.3, 0.4) is 0 Å². The normalized spacial score (nSPS) is 16.0. The van der Waals surface area contributed by atoms with Gasteiger partial charge < -0.3 is 5.73 Å². The van der Waals surface area contributed by atoms with Gasteiger partial charge in [-0.15, -0.1) is 0 Å². The minimum atomic E-state index is -4.44. The van der Waals surface area contributed by atoms with Gasteiger partial charge in [0.25, 0.3) is 0 Å². The molecule has 0 radical (unpaired) electrons. The third-order valence-electron chi connectivity index (χ3n) is 4.28. The molecule has 1 saturated heterocycles. The molecule has 2 aromatic carbocycles. The molecule has 2 nitrogen and oxygen atoms in total. The van der Waals surface area contributed by atoms with E-state index in [1.807, 2.05) is 30.8 Å². The summed E-state index contributed by atoms with van der Waals surface area (Å²) in [4.78, 5) is 1.04. The molecule has 1 fully saturated rings. The van der Waals surface area contributed by atoms with Crippen molar-refractivity contribution in [3.63, 3.8) is 0 Å². The Morgan fingerprint density at radius 3 is 2.35 bits per heavy atom. The molecule has 7 heteroatoms. The highest BCUT2D eigenvalue weighted by Gasteiger charge is 2.35. The number of rotatable bonds is 4. The van der Waals surface area contributed by atoms with Gasteiger partial charge in [-0.25, -0.2) is 4.31 Å². The molecule has 0 unspecified atom stereocenters. The topological polar surface area (TPSA) is 29.3 Å². The van der Waals surface area contributed by atoms with Crippen LogP contribution in [-0.2, 0) is 12.6 Å². The summed E-state index contributed by atoms with van der Waals surface area (Å²) in [5.74, 6) is 2.23. The molecular formula is C19H21F3N2S2. The zero-order valence-corrected chi connectivity index (χ0v) is 16.1. The summed E-state index contributed by atoms with van der Waals surface area (Å²) in [6, 6.07) is 10.0. The number of nitrogen functional groups attached to an aromatic ring is 1. The van der Waals surface area contributed by atoms with Crippen molar-refractivity contribution in [3.8, 4) is 11.1 Å². The molecule has 0 amide bonds. The Morgan fingerprint density at radius 2 is 1.77 bits per heavy atom. The maximum atomic E-state index is 13.6. The number of nitrogens with two attached hydrogens (primary N) is 1. The largest absolute Gasteiger partial charge is 0.417 e. The van der Waals surface area contributed by atoms with E-state index >= 15 is 0 Å². The highest BCUT2D eigenvalue weighted by Crippen LogP contribution is 2.41.